The summed E-state index contributed by atoms with van der Waals surface area (Å²) < 4.78 is 6.02. The van der Waals surface area contributed by atoms with Crippen LogP contribution in [0.1, 0.15) is 46.0 Å². The molecule has 0 aromatic carbocycles. The Bertz CT molecular complexity index is 640. The number of amides is 1. The number of ether oxygens (including phenoxy) is 1. The fourth-order valence-electron chi connectivity index (χ4n) is 3.42. The van der Waals surface area contributed by atoms with Crippen molar-refractivity contribution in [3.63, 3.8) is 0 Å². The van der Waals surface area contributed by atoms with Gasteiger partial charge in [0, 0.05) is 16.8 Å². The Labute approximate surface area is 145 Å². The molecule has 1 amide bonds. The van der Waals surface area contributed by atoms with Gasteiger partial charge in [-0.2, -0.15) is 5.48 Å². The average molecular weight is 355 g/mol. The van der Waals surface area contributed by atoms with E-state index in [1.807, 2.05) is 20.8 Å². The molecule has 0 unspecified atom stereocenters. The predicted octanol–water partition coefficient (Wildman–Crippen LogP) is 2.97. The van der Waals surface area contributed by atoms with Gasteiger partial charge < -0.3 is 14.7 Å². The summed E-state index contributed by atoms with van der Waals surface area (Å²) in [6.07, 6.45) is -0.151. The summed E-state index contributed by atoms with van der Waals surface area (Å²) in [5.74, 6) is 0.690. The van der Waals surface area contributed by atoms with E-state index in [9.17, 15) is 9.90 Å². The van der Waals surface area contributed by atoms with Gasteiger partial charge in [0.2, 0.25) is 0 Å². The van der Waals surface area contributed by atoms with Crippen LogP contribution in [0, 0.1) is 5.92 Å². The zero-order chi connectivity index (χ0) is 17.8. The number of anilines is 1. The van der Waals surface area contributed by atoms with Crippen LogP contribution in [0.5, 0.6) is 0 Å². The Balaban J connectivity index is 1.94. The van der Waals surface area contributed by atoms with E-state index in [-0.39, 0.29) is 11.5 Å². The molecule has 3 heterocycles. The zero-order valence-electron chi connectivity index (χ0n) is 14.8. The molecule has 0 radical (unpaired) electrons. The summed E-state index contributed by atoms with van der Waals surface area (Å²) in [5, 5.41) is 12.2. The summed E-state index contributed by atoms with van der Waals surface area (Å²) in [4.78, 5) is 23.1. The summed E-state index contributed by atoms with van der Waals surface area (Å²) in [6.45, 7) is 10.8. The predicted molar refractivity (Wildman–Crippen MR) is 91.3 cm³/mol. The van der Waals surface area contributed by atoms with Gasteiger partial charge in [-0.05, 0) is 41.0 Å². The fraction of sp³-hybridized carbons (Fsp3) is 0.750. The average Bonchev–Trinajstić information content (AvgIpc) is 3.02. The number of thiazole rings is 1. The first kappa shape index (κ1) is 17.6. The molecule has 2 aliphatic heterocycles. The molecule has 0 spiro atoms. The topological polar surface area (TPSA) is 83.9 Å². The van der Waals surface area contributed by atoms with E-state index in [0.717, 1.165) is 11.4 Å². The lowest BCUT2D eigenvalue weighted by Gasteiger charge is -2.43. The van der Waals surface area contributed by atoms with Gasteiger partial charge in [-0.3, -0.25) is 4.90 Å². The van der Waals surface area contributed by atoms with Gasteiger partial charge in [0.1, 0.15) is 16.4 Å². The lowest BCUT2D eigenvalue weighted by atomic mass is 9.77. The van der Waals surface area contributed by atoms with Crippen molar-refractivity contribution in [2.45, 2.75) is 57.7 Å². The Morgan fingerprint density at radius 2 is 2.21 bits per heavy atom. The second-order valence-corrected chi connectivity index (χ2v) is 8.99. The van der Waals surface area contributed by atoms with E-state index in [2.05, 4.69) is 24.3 Å². The first-order chi connectivity index (χ1) is 11.1. The highest BCUT2D eigenvalue weighted by Gasteiger charge is 2.54. The maximum absolute atomic E-state index is 11.7. The van der Waals surface area contributed by atoms with Gasteiger partial charge >= 0.3 is 6.09 Å². The van der Waals surface area contributed by atoms with Crippen molar-refractivity contribution in [1.82, 2.24) is 10.5 Å². The summed E-state index contributed by atoms with van der Waals surface area (Å²) in [5.41, 5.74) is 1.84. The number of hydrogen-bond donors (Lipinski definition) is 2. The largest absolute Gasteiger partial charge is 0.465 e. The van der Waals surface area contributed by atoms with Crippen LogP contribution in [0.15, 0.2) is 5.38 Å². The van der Waals surface area contributed by atoms with Crippen LogP contribution < -0.4 is 10.4 Å². The van der Waals surface area contributed by atoms with Gasteiger partial charge in [-0.25, -0.2) is 9.78 Å². The van der Waals surface area contributed by atoms with Gasteiger partial charge in [0.25, 0.3) is 0 Å². The van der Waals surface area contributed by atoms with Crippen LogP contribution in [0.25, 0.3) is 0 Å². The normalized spacial score (nSPS) is 29.3. The Morgan fingerprint density at radius 3 is 2.83 bits per heavy atom. The quantitative estimate of drug-likeness (QED) is 0.848. The molecule has 2 fully saturated rings. The SMILES string of the molecule is CC1(C)C[C@H]2CON[C@@]2(c2nc(N(C(=O)O)C(C)(C)C)cs2)CO1. The maximum Gasteiger partial charge on any atom is 0.413 e. The van der Waals surface area contributed by atoms with E-state index in [1.165, 1.54) is 16.2 Å². The minimum Gasteiger partial charge on any atom is -0.465 e. The molecule has 2 saturated heterocycles. The molecule has 8 heteroatoms. The number of nitrogens with zero attached hydrogens (tertiary/aromatic N) is 2. The van der Waals surface area contributed by atoms with Crippen LogP contribution in [0.4, 0.5) is 10.6 Å². The number of nitrogens with one attached hydrogen (secondary N) is 1. The lowest BCUT2D eigenvalue weighted by molar-refractivity contribution is -0.116. The van der Waals surface area contributed by atoms with E-state index in [4.69, 9.17) is 9.57 Å². The summed E-state index contributed by atoms with van der Waals surface area (Å²) in [7, 11) is 0. The Morgan fingerprint density at radius 1 is 1.50 bits per heavy atom. The molecule has 0 bridgehead atoms. The van der Waals surface area contributed by atoms with Gasteiger partial charge in [0.05, 0.1) is 18.8 Å². The molecular formula is C16H25N3O4S. The Hall–Kier alpha value is -1.22. The number of hydroxylamine groups is 1. The third-order valence-corrected chi connectivity index (χ3v) is 5.64. The van der Waals surface area contributed by atoms with E-state index >= 15 is 0 Å². The van der Waals surface area contributed by atoms with Crippen LogP contribution in [-0.2, 0) is 15.1 Å². The minimum absolute atomic E-state index is 0.192. The van der Waals surface area contributed by atoms with Crippen molar-refractivity contribution in [3.8, 4) is 0 Å². The molecule has 0 aliphatic carbocycles. The van der Waals surface area contributed by atoms with Crippen molar-refractivity contribution >= 4 is 23.2 Å². The molecular weight excluding hydrogens is 330 g/mol. The van der Waals surface area contributed by atoms with Crippen molar-refractivity contribution in [1.29, 1.82) is 0 Å². The number of hydrogen-bond acceptors (Lipinski definition) is 6. The standard InChI is InChI=1S/C16H25N3O4S/c1-14(2,3)19(13(20)21)11-8-24-12(17-11)16-9-22-15(4,5)6-10(16)7-23-18-16/h8,10,18H,6-7,9H2,1-5H3,(H,20,21)/t10-,16-/m0/s1. The van der Waals surface area contributed by atoms with E-state index in [1.54, 1.807) is 5.38 Å². The molecule has 1 aromatic rings. The zero-order valence-corrected chi connectivity index (χ0v) is 15.6. The first-order valence-electron chi connectivity index (χ1n) is 8.07. The highest BCUT2D eigenvalue weighted by atomic mass is 32.1. The molecule has 24 heavy (non-hydrogen) atoms. The molecule has 2 atom stereocenters. The highest BCUT2D eigenvalue weighted by Crippen LogP contribution is 2.46. The van der Waals surface area contributed by atoms with Gasteiger partial charge in [0.15, 0.2) is 0 Å². The van der Waals surface area contributed by atoms with Gasteiger partial charge in [-0.15, -0.1) is 11.3 Å². The number of rotatable bonds is 2. The van der Waals surface area contributed by atoms with Gasteiger partial charge in [-0.1, -0.05) is 0 Å². The Kier molecular flexibility index (Phi) is 4.15. The molecule has 0 saturated carbocycles. The van der Waals surface area contributed by atoms with Crippen molar-refractivity contribution in [2.24, 2.45) is 5.92 Å². The lowest BCUT2D eigenvalue weighted by Crippen LogP contribution is -2.54. The number of carbonyl (C=O) groups is 1. The number of aromatic nitrogens is 1. The van der Waals surface area contributed by atoms with Crippen molar-refractivity contribution < 1.29 is 19.5 Å². The second-order valence-electron chi connectivity index (χ2n) is 8.13. The molecule has 2 aliphatic rings. The second kappa shape index (κ2) is 5.66. The fourth-order valence-corrected chi connectivity index (χ4v) is 4.42. The third kappa shape index (κ3) is 2.92. The van der Waals surface area contributed by atoms with Crippen LogP contribution in [0.3, 0.4) is 0 Å². The number of carboxylic acid groups (broad SMARTS) is 1. The van der Waals surface area contributed by atoms with Crippen LogP contribution >= 0.6 is 11.3 Å². The van der Waals surface area contributed by atoms with Crippen LogP contribution in [0.2, 0.25) is 0 Å². The summed E-state index contributed by atoms with van der Waals surface area (Å²) in [6, 6.07) is 0. The van der Waals surface area contributed by atoms with E-state index < -0.39 is 17.2 Å². The smallest absolute Gasteiger partial charge is 0.413 e. The number of fused-ring (bicyclic) bond motifs is 1. The van der Waals surface area contributed by atoms with E-state index in [0.29, 0.717) is 19.0 Å². The first-order valence-corrected chi connectivity index (χ1v) is 8.95. The maximum atomic E-state index is 11.7. The molecule has 134 valence electrons. The molecule has 3 rings (SSSR count). The summed E-state index contributed by atoms with van der Waals surface area (Å²) >= 11 is 1.45. The van der Waals surface area contributed by atoms with Crippen LogP contribution in [-0.4, -0.2) is 40.5 Å². The third-order valence-electron chi connectivity index (χ3n) is 4.63. The highest BCUT2D eigenvalue weighted by molar-refractivity contribution is 7.10. The monoisotopic (exact) mass is 355 g/mol. The molecule has 7 nitrogen and oxygen atoms in total. The molecule has 1 aromatic heterocycles. The van der Waals surface area contributed by atoms with Crippen molar-refractivity contribution in [2.75, 3.05) is 18.1 Å². The molecule has 2 N–H and O–H groups in total. The minimum atomic E-state index is -1.01. The van der Waals surface area contributed by atoms with Crippen molar-refractivity contribution in [3.05, 3.63) is 10.4 Å².